The Morgan fingerprint density at radius 2 is 2.07 bits per heavy atom. The normalized spacial score (nSPS) is 17.3. The number of aromatic nitrogens is 4. The molecular formula is C19H27N7O. The molecule has 1 fully saturated rings. The SMILES string of the molecule is Cc1nc(N2CCCCC2)ncc1C(=O)NCc1cc2n(n1)CCCNC2. The molecule has 4 heterocycles. The first-order valence-electron chi connectivity index (χ1n) is 9.84. The summed E-state index contributed by atoms with van der Waals surface area (Å²) in [6, 6.07) is 2.06. The molecule has 2 aromatic heterocycles. The quantitative estimate of drug-likeness (QED) is 0.847. The third-order valence-electron chi connectivity index (χ3n) is 5.22. The number of aryl methyl sites for hydroxylation is 2. The molecule has 0 bridgehead atoms. The summed E-state index contributed by atoms with van der Waals surface area (Å²) in [6.45, 7) is 7.02. The lowest BCUT2D eigenvalue weighted by molar-refractivity contribution is 0.0949. The van der Waals surface area contributed by atoms with Crippen LogP contribution in [0.1, 0.15) is 53.1 Å². The highest BCUT2D eigenvalue weighted by atomic mass is 16.1. The van der Waals surface area contributed by atoms with Crippen molar-refractivity contribution in [2.75, 3.05) is 24.5 Å². The van der Waals surface area contributed by atoms with Crippen LogP contribution in [0.4, 0.5) is 5.95 Å². The third-order valence-corrected chi connectivity index (χ3v) is 5.22. The summed E-state index contributed by atoms with van der Waals surface area (Å²) in [6.07, 6.45) is 6.33. The molecule has 2 N–H and O–H groups in total. The number of rotatable bonds is 4. The van der Waals surface area contributed by atoms with E-state index in [2.05, 4.69) is 36.7 Å². The van der Waals surface area contributed by atoms with Gasteiger partial charge in [0.25, 0.3) is 5.91 Å². The molecule has 1 saturated heterocycles. The lowest BCUT2D eigenvalue weighted by Gasteiger charge is -2.26. The summed E-state index contributed by atoms with van der Waals surface area (Å²) in [5.41, 5.74) is 3.29. The minimum absolute atomic E-state index is 0.154. The van der Waals surface area contributed by atoms with Crippen molar-refractivity contribution < 1.29 is 4.79 Å². The van der Waals surface area contributed by atoms with Crippen molar-refractivity contribution in [3.8, 4) is 0 Å². The van der Waals surface area contributed by atoms with E-state index in [1.54, 1.807) is 6.20 Å². The Balaban J connectivity index is 1.39. The molecule has 0 saturated carbocycles. The topological polar surface area (TPSA) is 88.0 Å². The average Bonchev–Trinajstić information content (AvgIpc) is 2.95. The number of hydrogen-bond acceptors (Lipinski definition) is 6. The van der Waals surface area contributed by atoms with E-state index in [0.29, 0.717) is 17.8 Å². The number of carbonyl (C=O) groups excluding carboxylic acids is 1. The fourth-order valence-electron chi connectivity index (χ4n) is 3.70. The molecule has 0 radical (unpaired) electrons. The number of nitrogens with zero attached hydrogens (tertiary/aromatic N) is 5. The molecule has 0 atom stereocenters. The van der Waals surface area contributed by atoms with Crippen molar-refractivity contribution in [2.45, 2.75) is 52.2 Å². The van der Waals surface area contributed by atoms with Gasteiger partial charge in [-0.25, -0.2) is 9.97 Å². The predicted molar refractivity (Wildman–Crippen MR) is 103 cm³/mol. The number of amides is 1. The highest BCUT2D eigenvalue weighted by molar-refractivity contribution is 5.94. The highest BCUT2D eigenvalue weighted by Crippen LogP contribution is 2.17. The lowest BCUT2D eigenvalue weighted by Crippen LogP contribution is -2.32. The van der Waals surface area contributed by atoms with Crippen molar-refractivity contribution in [3.05, 3.63) is 34.9 Å². The zero-order valence-electron chi connectivity index (χ0n) is 15.9. The first-order valence-corrected chi connectivity index (χ1v) is 9.84. The van der Waals surface area contributed by atoms with Gasteiger partial charge in [0.2, 0.25) is 5.95 Å². The van der Waals surface area contributed by atoms with Gasteiger partial charge in [0.05, 0.1) is 29.2 Å². The molecule has 4 rings (SSSR count). The van der Waals surface area contributed by atoms with Gasteiger partial charge in [-0.15, -0.1) is 0 Å². The van der Waals surface area contributed by atoms with Gasteiger partial charge in [0.15, 0.2) is 0 Å². The molecular weight excluding hydrogens is 342 g/mol. The van der Waals surface area contributed by atoms with E-state index in [-0.39, 0.29) is 5.91 Å². The van der Waals surface area contributed by atoms with Crippen LogP contribution in [-0.4, -0.2) is 45.3 Å². The summed E-state index contributed by atoms with van der Waals surface area (Å²) in [7, 11) is 0. The first-order chi connectivity index (χ1) is 13.2. The molecule has 0 aliphatic carbocycles. The number of nitrogens with one attached hydrogen (secondary N) is 2. The molecule has 27 heavy (non-hydrogen) atoms. The zero-order valence-corrected chi connectivity index (χ0v) is 15.9. The smallest absolute Gasteiger partial charge is 0.255 e. The molecule has 8 heteroatoms. The summed E-state index contributed by atoms with van der Waals surface area (Å²) in [5, 5.41) is 10.9. The Kier molecular flexibility index (Phi) is 5.33. The van der Waals surface area contributed by atoms with Crippen LogP contribution in [0, 0.1) is 6.92 Å². The van der Waals surface area contributed by atoms with Crippen molar-refractivity contribution in [1.82, 2.24) is 30.4 Å². The van der Waals surface area contributed by atoms with E-state index < -0.39 is 0 Å². The van der Waals surface area contributed by atoms with Gasteiger partial charge in [-0.1, -0.05) is 0 Å². The number of hydrogen-bond donors (Lipinski definition) is 2. The average molecular weight is 369 g/mol. The van der Waals surface area contributed by atoms with Crippen LogP contribution in [0.2, 0.25) is 0 Å². The van der Waals surface area contributed by atoms with Gasteiger partial charge in [0.1, 0.15) is 0 Å². The molecule has 0 unspecified atom stereocenters. The Morgan fingerprint density at radius 1 is 1.22 bits per heavy atom. The highest BCUT2D eigenvalue weighted by Gasteiger charge is 2.17. The van der Waals surface area contributed by atoms with Crippen LogP contribution in [-0.2, 0) is 19.6 Å². The minimum atomic E-state index is -0.154. The van der Waals surface area contributed by atoms with Gasteiger partial charge in [-0.3, -0.25) is 9.48 Å². The van der Waals surface area contributed by atoms with Crippen LogP contribution in [0.3, 0.4) is 0 Å². The maximum absolute atomic E-state index is 12.6. The molecule has 0 aromatic carbocycles. The van der Waals surface area contributed by atoms with Gasteiger partial charge in [-0.2, -0.15) is 5.10 Å². The van der Waals surface area contributed by atoms with Crippen molar-refractivity contribution in [3.63, 3.8) is 0 Å². The van der Waals surface area contributed by atoms with Crippen LogP contribution in [0.5, 0.6) is 0 Å². The number of piperidine rings is 1. The monoisotopic (exact) mass is 369 g/mol. The predicted octanol–water partition coefficient (Wildman–Crippen LogP) is 1.40. The Morgan fingerprint density at radius 3 is 2.89 bits per heavy atom. The zero-order chi connectivity index (χ0) is 18.6. The summed E-state index contributed by atoms with van der Waals surface area (Å²) >= 11 is 0. The van der Waals surface area contributed by atoms with Crippen LogP contribution < -0.4 is 15.5 Å². The van der Waals surface area contributed by atoms with Crippen molar-refractivity contribution in [2.24, 2.45) is 0 Å². The first kappa shape index (κ1) is 17.9. The third kappa shape index (κ3) is 4.10. The minimum Gasteiger partial charge on any atom is -0.346 e. The molecule has 0 spiro atoms. The molecule has 144 valence electrons. The van der Waals surface area contributed by atoms with E-state index in [0.717, 1.165) is 50.8 Å². The second-order valence-electron chi connectivity index (χ2n) is 7.28. The standard InChI is InChI=1S/C19H27N7O/c1-14-17(13-22-19(23-14)25-7-3-2-4-8-25)18(27)21-11-15-10-16-12-20-6-5-9-26(16)24-15/h10,13,20H,2-9,11-12H2,1H3,(H,21,27). The van der Waals surface area contributed by atoms with Gasteiger partial charge in [0, 0.05) is 32.4 Å². The Hall–Kier alpha value is -2.48. The van der Waals surface area contributed by atoms with E-state index in [1.807, 2.05) is 11.6 Å². The summed E-state index contributed by atoms with van der Waals surface area (Å²) < 4.78 is 2.03. The number of carbonyl (C=O) groups is 1. The van der Waals surface area contributed by atoms with Crippen LogP contribution >= 0.6 is 0 Å². The van der Waals surface area contributed by atoms with Crippen LogP contribution in [0.25, 0.3) is 0 Å². The second kappa shape index (κ2) is 8.04. The van der Waals surface area contributed by atoms with Crippen LogP contribution in [0.15, 0.2) is 12.3 Å². The number of fused-ring (bicyclic) bond motifs is 1. The molecule has 2 aliphatic heterocycles. The molecule has 1 amide bonds. The Bertz CT molecular complexity index is 787. The van der Waals surface area contributed by atoms with E-state index >= 15 is 0 Å². The van der Waals surface area contributed by atoms with Gasteiger partial charge >= 0.3 is 0 Å². The van der Waals surface area contributed by atoms with E-state index in [9.17, 15) is 4.79 Å². The lowest BCUT2D eigenvalue weighted by atomic mass is 10.1. The maximum Gasteiger partial charge on any atom is 0.255 e. The van der Waals surface area contributed by atoms with E-state index in [1.165, 1.54) is 25.0 Å². The second-order valence-corrected chi connectivity index (χ2v) is 7.28. The fourth-order valence-corrected chi connectivity index (χ4v) is 3.70. The van der Waals surface area contributed by atoms with Crippen molar-refractivity contribution >= 4 is 11.9 Å². The summed E-state index contributed by atoms with van der Waals surface area (Å²) in [4.78, 5) is 23.8. The fraction of sp³-hybridized carbons (Fsp3) is 0.579. The molecule has 2 aliphatic rings. The summed E-state index contributed by atoms with van der Waals surface area (Å²) in [5.74, 6) is 0.577. The van der Waals surface area contributed by atoms with Gasteiger partial charge in [-0.05, 0) is 45.2 Å². The van der Waals surface area contributed by atoms with Crippen molar-refractivity contribution in [1.29, 1.82) is 0 Å². The van der Waals surface area contributed by atoms with Gasteiger partial charge < -0.3 is 15.5 Å². The largest absolute Gasteiger partial charge is 0.346 e. The Labute approximate surface area is 159 Å². The van der Waals surface area contributed by atoms with E-state index in [4.69, 9.17) is 0 Å². The number of anilines is 1. The maximum atomic E-state index is 12.6. The molecule has 8 nitrogen and oxygen atoms in total. The molecule has 2 aromatic rings.